The topological polar surface area (TPSA) is 55.9 Å². The van der Waals surface area contributed by atoms with Crippen molar-refractivity contribution in [1.29, 1.82) is 0 Å². The average Bonchev–Trinajstić information content (AvgIpc) is 2.73. The number of carbonyl (C=O) groups is 2. The Kier molecular flexibility index (Phi) is 0.885. The summed E-state index contributed by atoms with van der Waals surface area (Å²) in [4.78, 5) is 22.1. The van der Waals surface area contributed by atoms with Crippen LogP contribution in [0.25, 0.3) is 0 Å². The minimum atomic E-state index is -0.425. The number of fused-ring (bicyclic) bond motifs is 2. The summed E-state index contributed by atoms with van der Waals surface area (Å²) in [6.07, 6.45) is 2.41. The fraction of sp³-hybridized carbons (Fsp3) is 0.500. The van der Waals surface area contributed by atoms with Gasteiger partial charge >= 0.3 is 11.9 Å². The summed E-state index contributed by atoms with van der Waals surface area (Å²) >= 11 is 0. The van der Waals surface area contributed by atoms with E-state index in [0.29, 0.717) is 6.42 Å². The molecular formula is C8H6O4. The molecule has 2 aliphatic heterocycles. The van der Waals surface area contributed by atoms with Gasteiger partial charge in [0.25, 0.3) is 0 Å². The van der Waals surface area contributed by atoms with Crippen LogP contribution in [0.2, 0.25) is 0 Å². The number of epoxide rings is 1. The number of hydrogen-bond donors (Lipinski definition) is 0. The molecule has 0 spiro atoms. The van der Waals surface area contributed by atoms with Gasteiger partial charge in [0.05, 0.1) is 11.8 Å². The molecule has 0 bridgehead atoms. The second-order valence-electron chi connectivity index (χ2n) is 3.28. The number of rotatable bonds is 0. The van der Waals surface area contributed by atoms with E-state index in [2.05, 4.69) is 4.74 Å². The van der Waals surface area contributed by atoms with Crippen molar-refractivity contribution in [2.45, 2.75) is 12.5 Å². The van der Waals surface area contributed by atoms with E-state index in [4.69, 9.17) is 4.74 Å². The Bertz CT molecular complexity index is 317. The van der Waals surface area contributed by atoms with Crippen LogP contribution in [-0.4, -0.2) is 18.0 Å². The molecule has 4 nitrogen and oxygen atoms in total. The molecule has 2 fully saturated rings. The molecule has 3 atom stereocenters. The summed E-state index contributed by atoms with van der Waals surface area (Å²) in [5.41, 5.74) is 0. The summed E-state index contributed by atoms with van der Waals surface area (Å²) in [6, 6.07) is 0. The minimum absolute atomic E-state index is 0.0877. The Morgan fingerprint density at radius 1 is 1.33 bits per heavy atom. The average molecular weight is 166 g/mol. The van der Waals surface area contributed by atoms with Crippen molar-refractivity contribution in [3.8, 4) is 0 Å². The third-order valence-corrected chi connectivity index (χ3v) is 2.56. The molecule has 0 amide bonds. The first-order valence-corrected chi connectivity index (χ1v) is 3.89. The third kappa shape index (κ3) is 0.622. The lowest BCUT2D eigenvalue weighted by Crippen LogP contribution is -2.20. The van der Waals surface area contributed by atoms with E-state index in [1.807, 2.05) is 0 Å². The number of ether oxygens (including phenoxy) is 2. The fourth-order valence-corrected chi connectivity index (χ4v) is 1.83. The van der Waals surface area contributed by atoms with E-state index in [1.54, 1.807) is 6.08 Å². The van der Waals surface area contributed by atoms with Crippen LogP contribution in [0.3, 0.4) is 0 Å². The van der Waals surface area contributed by atoms with Crippen LogP contribution in [0.1, 0.15) is 6.42 Å². The van der Waals surface area contributed by atoms with Gasteiger partial charge in [-0.15, -0.1) is 0 Å². The fourth-order valence-electron chi connectivity index (χ4n) is 1.83. The summed E-state index contributed by atoms with van der Waals surface area (Å²) in [7, 11) is 0. The van der Waals surface area contributed by atoms with Gasteiger partial charge in [-0.3, -0.25) is 9.59 Å². The Hall–Kier alpha value is -1.32. The van der Waals surface area contributed by atoms with E-state index < -0.39 is 11.9 Å². The highest BCUT2D eigenvalue weighted by atomic mass is 16.6. The SMILES string of the molecule is O=C1OC(=O)C2CC3OC3=CC12. The number of carbonyl (C=O) groups excluding carboxylic acids is 2. The quantitative estimate of drug-likeness (QED) is 0.288. The lowest BCUT2D eigenvalue weighted by Gasteiger charge is -2.08. The van der Waals surface area contributed by atoms with Gasteiger partial charge in [0.15, 0.2) is 6.10 Å². The zero-order valence-electron chi connectivity index (χ0n) is 6.15. The van der Waals surface area contributed by atoms with Gasteiger partial charge < -0.3 is 9.47 Å². The summed E-state index contributed by atoms with van der Waals surface area (Å²) in [5.74, 6) is -0.620. The van der Waals surface area contributed by atoms with E-state index in [-0.39, 0.29) is 17.9 Å². The molecule has 1 aliphatic carbocycles. The molecule has 4 heteroatoms. The molecule has 0 radical (unpaired) electrons. The van der Waals surface area contributed by atoms with Gasteiger partial charge in [-0.25, -0.2) is 0 Å². The molecule has 0 aromatic heterocycles. The van der Waals surface area contributed by atoms with E-state index >= 15 is 0 Å². The van der Waals surface area contributed by atoms with Crippen LogP contribution in [-0.2, 0) is 19.1 Å². The van der Waals surface area contributed by atoms with Crippen molar-refractivity contribution in [1.82, 2.24) is 0 Å². The van der Waals surface area contributed by atoms with Gasteiger partial charge in [-0.05, 0) is 6.08 Å². The third-order valence-electron chi connectivity index (χ3n) is 2.56. The molecule has 2 saturated heterocycles. The predicted octanol–water partition coefficient (Wildman–Crippen LogP) is -0.0114. The van der Waals surface area contributed by atoms with Crippen molar-refractivity contribution in [2.24, 2.45) is 11.8 Å². The van der Waals surface area contributed by atoms with Gasteiger partial charge in [-0.1, -0.05) is 0 Å². The molecule has 0 saturated carbocycles. The Morgan fingerprint density at radius 3 is 3.00 bits per heavy atom. The second-order valence-corrected chi connectivity index (χ2v) is 3.28. The highest BCUT2D eigenvalue weighted by molar-refractivity contribution is 5.98. The van der Waals surface area contributed by atoms with Gasteiger partial charge in [0.1, 0.15) is 5.76 Å². The van der Waals surface area contributed by atoms with Crippen LogP contribution in [0, 0.1) is 11.8 Å². The maximum Gasteiger partial charge on any atom is 0.321 e. The standard InChI is InChI=1S/C8H6O4/c9-7-3-1-5-6(11-5)2-4(3)8(10)12-7/h1,3-4,6H,2H2. The largest absolute Gasteiger partial charge is 0.483 e. The lowest BCUT2D eigenvalue weighted by atomic mass is 9.86. The Labute approximate surface area is 68.1 Å². The molecule has 2 heterocycles. The van der Waals surface area contributed by atoms with E-state index in [0.717, 1.165) is 5.76 Å². The maximum absolute atomic E-state index is 11.1. The highest BCUT2D eigenvalue weighted by Crippen LogP contribution is 2.44. The van der Waals surface area contributed by atoms with Crippen molar-refractivity contribution < 1.29 is 19.1 Å². The minimum Gasteiger partial charge on any atom is -0.483 e. The molecule has 3 rings (SSSR count). The first-order chi connectivity index (χ1) is 5.75. The van der Waals surface area contributed by atoms with Crippen LogP contribution in [0.15, 0.2) is 11.8 Å². The summed E-state index contributed by atoms with van der Waals surface area (Å²) in [6.45, 7) is 0. The first-order valence-electron chi connectivity index (χ1n) is 3.89. The molecule has 12 heavy (non-hydrogen) atoms. The molecule has 62 valence electrons. The normalized spacial score (nSPS) is 42.3. The molecule has 3 aliphatic rings. The number of hydrogen-bond acceptors (Lipinski definition) is 4. The monoisotopic (exact) mass is 166 g/mol. The van der Waals surface area contributed by atoms with Crippen LogP contribution >= 0.6 is 0 Å². The molecule has 0 N–H and O–H groups in total. The van der Waals surface area contributed by atoms with Crippen molar-refractivity contribution >= 4 is 11.9 Å². The van der Waals surface area contributed by atoms with Crippen molar-refractivity contribution in [2.75, 3.05) is 0 Å². The maximum atomic E-state index is 11.1. The van der Waals surface area contributed by atoms with Crippen LogP contribution < -0.4 is 0 Å². The van der Waals surface area contributed by atoms with Crippen LogP contribution in [0.4, 0.5) is 0 Å². The Balaban J connectivity index is 2.02. The summed E-state index contributed by atoms with van der Waals surface area (Å²) in [5, 5.41) is 0. The zero-order valence-corrected chi connectivity index (χ0v) is 6.15. The summed E-state index contributed by atoms with van der Waals surface area (Å²) < 4.78 is 9.61. The molecule has 0 aromatic rings. The Morgan fingerprint density at radius 2 is 2.17 bits per heavy atom. The van der Waals surface area contributed by atoms with Crippen LogP contribution in [0.5, 0.6) is 0 Å². The van der Waals surface area contributed by atoms with E-state index in [9.17, 15) is 9.59 Å². The zero-order chi connectivity index (χ0) is 8.29. The van der Waals surface area contributed by atoms with Gasteiger partial charge in [0.2, 0.25) is 0 Å². The second kappa shape index (κ2) is 1.71. The van der Waals surface area contributed by atoms with Crippen molar-refractivity contribution in [3.05, 3.63) is 11.8 Å². The molecular weight excluding hydrogens is 160 g/mol. The number of esters is 2. The first kappa shape index (κ1) is 6.22. The smallest absolute Gasteiger partial charge is 0.321 e. The van der Waals surface area contributed by atoms with E-state index in [1.165, 1.54) is 0 Å². The highest BCUT2D eigenvalue weighted by Gasteiger charge is 2.53. The van der Waals surface area contributed by atoms with Gasteiger partial charge in [0, 0.05) is 6.42 Å². The lowest BCUT2D eigenvalue weighted by molar-refractivity contribution is -0.153. The van der Waals surface area contributed by atoms with Crippen molar-refractivity contribution in [3.63, 3.8) is 0 Å². The molecule has 0 aromatic carbocycles. The number of cyclic esters (lactones) is 2. The van der Waals surface area contributed by atoms with Gasteiger partial charge in [-0.2, -0.15) is 0 Å². The predicted molar refractivity (Wildman–Crippen MR) is 35.7 cm³/mol. The molecule has 3 unspecified atom stereocenters.